The summed E-state index contributed by atoms with van der Waals surface area (Å²) >= 11 is 0. The first-order valence-corrected chi connectivity index (χ1v) is 6.10. The molecule has 2 rings (SSSR count). The van der Waals surface area contributed by atoms with Crippen molar-refractivity contribution in [1.82, 2.24) is 4.90 Å². The van der Waals surface area contributed by atoms with Crippen LogP contribution in [0.1, 0.15) is 32.1 Å². The van der Waals surface area contributed by atoms with Crippen molar-refractivity contribution in [3.8, 4) is 0 Å². The molecule has 0 aromatic carbocycles. The zero-order valence-electron chi connectivity index (χ0n) is 9.91. The van der Waals surface area contributed by atoms with E-state index in [4.69, 9.17) is 4.74 Å². The van der Waals surface area contributed by atoms with Crippen LogP contribution in [0, 0.1) is 5.92 Å². The van der Waals surface area contributed by atoms with Crippen LogP contribution in [0.15, 0.2) is 0 Å². The summed E-state index contributed by atoms with van der Waals surface area (Å²) in [6, 6.07) is 0. The van der Waals surface area contributed by atoms with Crippen LogP contribution in [0.3, 0.4) is 0 Å². The van der Waals surface area contributed by atoms with Crippen molar-refractivity contribution in [1.29, 1.82) is 0 Å². The lowest BCUT2D eigenvalue weighted by Gasteiger charge is -2.42. The molecule has 3 heteroatoms. The maximum Gasteiger partial charge on any atom is 0.0774 e. The monoisotopic (exact) mass is 213 g/mol. The minimum Gasteiger partial charge on any atom is -0.391 e. The minimum atomic E-state index is -0.211. The van der Waals surface area contributed by atoms with E-state index in [2.05, 4.69) is 19.0 Å². The van der Waals surface area contributed by atoms with Crippen LogP contribution in [-0.2, 0) is 4.74 Å². The van der Waals surface area contributed by atoms with E-state index < -0.39 is 0 Å². The van der Waals surface area contributed by atoms with E-state index in [0.717, 1.165) is 32.5 Å². The molecular weight excluding hydrogens is 190 g/mol. The molecule has 1 saturated carbocycles. The normalized spacial score (nSPS) is 32.4. The lowest BCUT2D eigenvalue weighted by atomic mass is 9.81. The van der Waals surface area contributed by atoms with Crippen molar-refractivity contribution in [2.45, 2.75) is 43.7 Å². The second kappa shape index (κ2) is 4.40. The van der Waals surface area contributed by atoms with Crippen LogP contribution in [0.5, 0.6) is 0 Å². The van der Waals surface area contributed by atoms with Crippen LogP contribution in [0.2, 0.25) is 0 Å². The van der Waals surface area contributed by atoms with Crippen molar-refractivity contribution >= 4 is 0 Å². The highest BCUT2D eigenvalue weighted by molar-refractivity contribution is 5.01. The first kappa shape index (κ1) is 11.4. The molecule has 0 amide bonds. The van der Waals surface area contributed by atoms with Gasteiger partial charge < -0.3 is 14.7 Å². The van der Waals surface area contributed by atoms with Gasteiger partial charge in [-0.25, -0.2) is 0 Å². The molecule has 2 fully saturated rings. The number of aliphatic hydroxyl groups is 1. The van der Waals surface area contributed by atoms with Crippen molar-refractivity contribution < 1.29 is 9.84 Å². The molecule has 88 valence electrons. The zero-order chi connectivity index (χ0) is 10.9. The molecule has 3 nitrogen and oxygen atoms in total. The van der Waals surface area contributed by atoms with Crippen LogP contribution < -0.4 is 0 Å². The molecular formula is C12H23NO2. The second-order valence-electron chi connectivity index (χ2n) is 5.27. The molecule has 15 heavy (non-hydrogen) atoms. The summed E-state index contributed by atoms with van der Waals surface area (Å²) in [7, 11) is 4.20. The molecule has 0 bridgehead atoms. The Morgan fingerprint density at radius 2 is 2.00 bits per heavy atom. The molecule has 0 spiro atoms. The molecule has 0 radical (unpaired) electrons. The van der Waals surface area contributed by atoms with E-state index in [-0.39, 0.29) is 11.6 Å². The van der Waals surface area contributed by atoms with Gasteiger partial charge in [0.05, 0.1) is 12.7 Å². The van der Waals surface area contributed by atoms with E-state index in [9.17, 15) is 5.11 Å². The molecule has 1 N–H and O–H groups in total. The second-order valence-corrected chi connectivity index (χ2v) is 5.27. The van der Waals surface area contributed by atoms with Gasteiger partial charge in [-0.15, -0.1) is 0 Å². The SMILES string of the molecule is CN(C)C1(C(O)C2CCOC2)CCCC1. The summed E-state index contributed by atoms with van der Waals surface area (Å²) in [5.41, 5.74) is 0.0262. The van der Waals surface area contributed by atoms with Crippen LogP contribution in [0.4, 0.5) is 0 Å². The third-order valence-corrected chi connectivity index (χ3v) is 4.32. The number of rotatable bonds is 3. The minimum absolute atomic E-state index is 0.0262. The largest absolute Gasteiger partial charge is 0.391 e. The summed E-state index contributed by atoms with van der Waals surface area (Å²) in [5, 5.41) is 10.5. The Bertz CT molecular complexity index is 206. The zero-order valence-corrected chi connectivity index (χ0v) is 9.91. The van der Waals surface area contributed by atoms with Crippen molar-refractivity contribution in [3.63, 3.8) is 0 Å². The molecule has 2 unspecified atom stereocenters. The Morgan fingerprint density at radius 1 is 1.33 bits per heavy atom. The van der Waals surface area contributed by atoms with Gasteiger partial charge in [-0.05, 0) is 33.4 Å². The van der Waals surface area contributed by atoms with Gasteiger partial charge in [0.1, 0.15) is 0 Å². The van der Waals surface area contributed by atoms with E-state index in [1.54, 1.807) is 0 Å². The van der Waals surface area contributed by atoms with Crippen LogP contribution in [0.25, 0.3) is 0 Å². The Hall–Kier alpha value is -0.120. The van der Waals surface area contributed by atoms with Crippen LogP contribution >= 0.6 is 0 Å². The third kappa shape index (κ3) is 1.93. The van der Waals surface area contributed by atoms with Crippen LogP contribution in [-0.4, -0.2) is 49.0 Å². The fraction of sp³-hybridized carbons (Fsp3) is 1.00. The van der Waals surface area contributed by atoms with Crippen molar-refractivity contribution in [2.75, 3.05) is 27.3 Å². The third-order valence-electron chi connectivity index (χ3n) is 4.32. The average Bonchev–Trinajstić information content (AvgIpc) is 2.89. The molecule has 1 aliphatic heterocycles. The summed E-state index contributed by atoms with van der Waals surface area (Å²) in [6.07, 6.45) is 5.59. The molecule has 1 saturated heterocycles. The van der Waals surface area contributed by atoms with Gasteiger partial charge in [0, 0.05) is 18.1 Å². The summed E-state index contributed by atoms with van der Waals surface area (Å²) in [5.74, 6) is 0.352. The highest BCUT2D eigenvalue weighted by Gasteiger charge is 2.46. The predicted octanol–water partition coefficient (Wildman–Crippen LogP) is 1.26. The summed E-state index contributed by atoms with van der Waals surface area (Å²) in [6.45, 7) is 1.57. The summed E-state index contributed by atoms with van der Waals surface area (Å²) < 4.78 is 5.38. The van der Waals surface area contributed by atoms with Gasteiger partial charge in [0.25, 0.3) is 0 Å². The Morgan fingerprint density at radius 3 is 2.47 bits per heavy atom. The number of hydrogen-bond acceptors (Lipinski definition) is 3. The highest BCUT2D eigenvalue weighted by atomic mass is 16.5. The molecule has 0 aromatic rings. The standard InChI is InChI=1S/C12H23NO2/c1-13(2)12(6-3-4-7-12)11(14)10-5-8-15-9-10/h10-11,14H,3-9H2,1-2H3. The molecule has 2 atom stereocenters. The van der Waals surface area contributed by atoms with Gasteiger partial charge in [-0.3, -0.25) is 0 Å². The van der Waals surface area contributed by atoms with E-state index >= 15 is 0 Å². The quantitative estimate of drug-likeness (QED) is 0.766. The number of hydrogen-bond donors (Lipinski definition) is 1. The molecule has 1 aliphatic carbocycles. The van der Waals surface area contributed by atoms with E-state index in [1.807, 2.05) is 0 Å². The van der Waals surface area contributed by atoms with E-state index in [1.165, 1.54) is 12.8 Å². The first-order chi connectivity index (χ1) is 7.17. The maximum atomic E-state index is 10.5. The maximum absolute atomic E-state index is 10.5. The molecule has 1 heterocycles. The van der Waals surface area contributed by atoms with Gasteiger partial charge in [0.15, 0.2) is 0 Å². The smallest absolute Gasteiger partial charge is 0.0774 e. The van der Waals surface area contributed by atoms with Crippen molar-refractivity contribution in [2.24, 2.45) is 5.92 Å². The number of nitrogens with zero attached hydrogens (tertiary/aromatic N) is 1. The Kier molecular flexibility index (Phi) is 3.33. The van der Waals surface area contributed by atoms with Crippen molar-refractivity contribution in [3.05, 3.63) is 0 Å². The number of aliphatic hydroxyl groups excluding tert-OH is 1. The Balaban J connectivity index is 2.09. The average molecular weight is 213 g/mol. The number of likely N-dealkylation sites (N-methyl/N-ethyl adjacent to an activating group) is 1. The van der Waals surface area contributed by atoms with Gasteiger partial charge >= 0.3 is 0 Å². The highest BCUT2D eigenvalue weighted by Crippen LogP contribution is 2.40. The number of ether oxygens (including phenoxy) is 1. The van der Waals surface area contributed by atoms with E-state index in [0.29, 0.717) is 5.92 Å². The Labute approximate surface area is 92.4 Å². The first-order valence-electron chi connectivity index (χ1n) is 6.10. The summed E-state index contributed by atoms with van der Waals surface area (Å²) in [4.78, 5) is 2.24. The lowest BCUT2D eigenvalue weighted by Crippen LogP contribution is -2.54. The fourth-order valence-corrected chi connectivity index (χ4v) is 3.24. The predicted molar refractivity (Wildman–Crippen MR) is 59.8 cm³/mol. The fourth-order valence-electron chi connectivity index (χ4n) is 3.24. The van der Waals surface area contributed by atoms with Gasteiger partial charge in [-0.2, -0.15) is 0 Å². The topological polar surface area (TPSA) is 32.7 Å². The lowest BCUT2D eigenvalue weighted by molar-refractivity contribution is -0.0400. The van der Waals surface area contributed by atoms with Gasteiger partial charge in [-0.1, -0.05) is 12.8 Å². The molecule has 2 aliphatic rings. The van der Waals surface area contributed by atoms with Gasteiger partial charge in [0.2, 0.25) is 0 Å². The molecule has 0 aromatic heterocycles.